The van der Waals surface area contributed by atoms with Gasteiger partial charge in [-0.05, 0) is 24.3 Å². The quantitative estimate of drug-likeness (QED) is 0.839. The lowest BCUT2D eigenvalue weighted by Crippen LogP contribution is -2.26. The molecule has 1 aliphatic carbocycles. The van der Waals surface area contributed by atoms with E-state index >= 15 is 0 Å². The molecule has 0 atom stereocenters. The van der Waals surface area contributed by atoms with Crippen molar-refractivity contribution in [2.45, 2.75) is 43.2 Å². The van der Waals surface area contributed by atoms with Gasteiger partial charge in [-0.25, -0.2) is 17.9 Å². The lowest BCUT2D eigenvalue weighted by atomic mass is 9.81. The second-order valence-electron chi connectivity index (χ2n) is 5.77. The van der Waals surface area contributed by atoms with Crippen LogP contribution >= 0.6 is 11.3 Å². The molecule has 1 saturated carbocycles. The van der Waals surface area contributed by atoms with Gasteiger partial charge in [0, 0.05) is 11.9 Å². The molecule has 1 fully saturated rings. The Morgan fingerprint density at radius 1 is 1.38 bits per heavy atom. The molecular formula is C14H21NO4S2. The van der Waals surface area contributed by atoms with Crippen molar-refractivity contribution in [1.29, 1.82) is 0 Å². The van der Waals surface area contributed by atoms with Crippen LogP contribution in [0.25, 0.3) is 0 Å². The zero-order valence-electron chi connectivity index (χ0n) is 12.0. The van der Waals surface area contributed by atoms with Gasteiger partial charge in [-0.1, -0.05) is 32.6 Å². The normalized spacial score (nSPS) is 23.1. The van der Waals surface area contributed by atoms with Crippen LogP contribution in [0.5, 0.6) is 0 Å². The van der Waals surface area contributed by atoms with E-state index in [0.29, 0.717) is 12.5 Å². The van der Waals surface area contributed by atoms with Gasteiger partial charge in [-0.15, -0.1) is 11.3 Å². The van der Waals surface area contributed by atoms with E-state index in [1.165, 1.54) is 37.1 Å². The van der Waals surface area contributed by atoms with Gasteiger partial charge >= 0.3 is 5.97 Å². The molecule has 21 heavy (non-hydrogen) atoms. The molecule has 0 aromatic carbocycles. The third kappa shape index (κ3) is 4.52. The minimum atomic E-state index is -3.58. The second kappa shape index (κ2) is 6.89. The first-order valence-electron chi connectivity index (χ1n) is 7.20. The van der Waals surface area contributed by atoms with Gasteiger partial charge in [0.15, 0.2) is 0 Å². The van der Waals surface area contributed by atoms with Gasteiger partial charge in [0.2, 0.25) is 10.0 Å². The smallest absolute Gasteiger partial charge is 0.336 e. The first kappa shape index (κ1) is 16.5. The van der Waals surface area contributed by atoms with Crippen molar-refractivity contribution in [3.05, 3.63) is 17.0 Å². The summed E-state index contributed by atoms with van der Waals surface area (Å²) in [5.41, 5.74) is 0.0154. The molecule has 1 aliphatic rings. The highest BCUT2D eigenvalue weighted by molar-refractivity contribution is 7.91. The Kier molecular flexibility index (Phi) is 5.40. The first-order valence-corrected chi connectivity index (χ1v) is 9.56. The molecule has 118 valence electrons. The average Bonchev–Trinajstić information content (AvgIpc) is 2.91. The van der Waals surface area contributed by atoms with Crippen LogP contribution < -0.4 is 4.72 Å². The van der Waals surface area contributed by atoms with Crippen LogP contribution in [0.4, 0.5) is 0 Å². The summed E-state index contributed by atoms with van der Waals surface area (Å²) in [7, 11) is -3.58. The molecule has 0 amide bonds. The predicted molar refractivity (Wildman–Crippen MR) is 82.2 cm³/mol. The van der Waals surface area contributed by atoms with E-state index in [0.717, 1.165) is 23.7 Å². The molecule has 0 saturated heterocycles. The second-order valence-corrected chi connectivity index (χ2v) is 8.68. The number of hydrogen-bond acceptors (Lipinski definition) is 4. The Morgan fingerprint density at radius 3 is 2.62 bits per heavy atom. The van der Waals surface area contributed by atoms with E-state index in [-0.39, 0.29) is 9.77 Å². The third-order valence-electron chi connectivity index (χ3n) is 4.07. The summed E-state index contributed by atoms with van der Waals surface area (Å²) in [6.07, 6.45) is 5.65. The number of rotatable bonds is 6. The standard InChI is InChI=1S/C14H21NO4S2/c1-10-2-4-11(5-3-10)6-7-15-21(18,19)13-8-12(9-20-13)14(16)17/h8-11,15H,2-7H2,1H3,(H,16,17). The van der Waals surface area contributed by atoms with Crippen molar-refractivity contribution >= 4 is 27.3 Å². The Bertz CT molecular complexity index is 586. The van der Waals surface area contributed by atoms with E-state index in [1.54, 1.807) is 0 Å². The number of carbonyl (C=O) groups is 1. The monoisotopic (exact) mass is 331 g/mol. The molecule has 1 aromatic heterocycles. The van der Waals surface area contributed by atoms with Crippen molar-refractivity contribution in [2.75, 3.05) is 6.54 Å². The van der Waals surface area contributed by atoms with Crippen molar-refractivity contribution < 1.29 is 18.3 Å². The van der Waals surface area contributed by atoms with E-state index in [4.69, 9.17) is 5.11 Å². The fourth-order valence-electron chi connectivity index (χ4n) is 2.66. The summed E-state index contributed by atoms with van der Waals surface area (Å²) in [4.78, 5) is 10.8. The van der Waals surface area contributed by atoms with Crippen molar-refractivity contribution in [3.8, 4) is 0 Å². The summed E-state index contributed by atoms with van der Waals surface area (Å²) in [5, 5.41) is 10.2. The number of aromatic carboxylic acids is 1. The molecule has 0 radical (unpaired) electrons. The van der Waals surface area contributed by atoms with Gasteiger partial charge in [0.25, 0.3) is 0 Å². The lowest BCUT2D eigenvalue weighted by molar-refractivity contribution is 0.0697. The fraction of sp³-hybridized carbons (Fsp3) is 0.643. The van der Waals surface area contributed by atoms with Crippen LogP contribution in [-0.4, -0.2) is 26.0 Å². The maximum absolute atomic E-state index is 12.1. The topological polar surface area (TPSA) is 83.5 Å². The largest absolute Gasteiger partial charge is 0.478 e. The molecular weight excluding hydrogens is 310 g/mol. The minimum Gasteiger partial charge on any atom is -0.478 e. The molecule has 2 N–H and O–H groups in total. The molecule has 0 bridgehead atoms. The highest BCUT2D eigenvalue weighted by Crippen LogP contribution is 2.30. The molecule has 0 unspecified atom stereocenters. The number of carboxylic acid groups (broad SMARTS) is 1. The maximum Gasteiger partial charge on any atom is 0.336 e. The van der Waals surface area contributed by atoms with Crippen LogP contribution in [0.15, 0.2) is 15.7 Å². The summed E-state index contributed by atoms with van der Waals surface area (Å²) in [6.45, 7) is 2.68. The highest BCUT2D eigenvalue weighted by atomic mass is 32.2. The van der Waals surface area contributed by atoms with Gasteiger partial charge in [-0.2, -0.15) is 0 Å². The summed E-state index contributed by atoms with van der Waals surface area (Å²) < 4.78 is 26.8. The number of sulfonamides is 1. The van der Waals surface area contributed by atoms with E-state index in [9.17, 15) is 13.2 Å². The van der Waals surface area contributed by atoms with E-state index in [2.05, 4.69) is 11.6 Å². The van der Waals surface area contributed by atoms with Gasteiger partial charge in [0.05, 0.1) is 5.56 Å². The van der Waals surface area contributed by atoms with Crippen LogP contribution in [-0.2, 0) is 10.0 Å². The fourth-order valence-corrected chi connectivity index (χ4v) is 4.90. The van der Waals surface area contributed by atoms with Gasteiger partial charge < -0.3 is 5.11 Å². The van der Waals surface area contributed by atoms with Crippen LogP contribution in [0.1, 0.15) is 49.4 Å². The minimum absolute atomic E-state index is 0.0154. The third-order valence-corrected chi connectivity index (χ3v) is 6.97. The first-order chi connectivity index (χ1) is 9.88. The summed E-state index contributed by atoms with van der Waals surface area (Å²) in [5.74, 6) is 0.282. The molecule has 1 aromatic rings. The Balaban J connectivity index is 1.85. The van der Waals surface area contributed by atoms with Gasteiger partial charge in [0.1, 0.15) is 4.21 Å². The lowest BCUT2D eigenvalue weighted by Gasteiger charge is -2.25. The highest BCUT2D eigenvalue weighted by Gasteiger charge is 2.21. The summed E-state index contributed by atoms with van der Waals surface area (Å²) in [6, 6.07) is 1.21. The van der Waals surface area contributed by atoms with Crippen LogP contribution in [0, 0.1) is 11.8 Å². The Labute approximate surface area is 129 Å². The summed E-state index contributed by atoms with van der Waals surface area (Å²) >= 11 is 0.940. The number of nitrogens with one attached hydrogen (secondary N) is 1. The zero-order valence-corrected chi connectivity index (χ0v) is 13.7. The zero-order chi connectivity index (χ0) is 15.5. The van der Waals surface area contributed by atoms with Crippen LogP contribution in [0.3, 0.4) is 0 Å². The molecule has 7 heteroatoms. The maximum atomic E-state index is 12.1. The SMILES string of the molecule is CC1CCC(CCNS(=O)(=O)c2cc(C(=O)O)cs2)CC1. The van der Waals surface area contributed by atoms with Gasteiger partial charge in [-0.3, -0.25) is 0 Å². The van der Waals surface area contributed by atoms with Crippen LogP contribution in [0.2, 0.25) is 0 Å². The Morgan fingerprint density at radius 2 is 2.05 bits per heavy atom. The molecule has 1 heterocycles. The predicted octanol–water partition coefficient (Wildman–Crippen LogP) is 2.94. The number of thiophene rings is 1. The van der Waals surface area contributed by atoms with Crippen molar-refractivity contribution in [2.24, 2.45) is 11.8 Å². The number of carboxylic acids is 1. The van der Waals surface area contributed by atoms with E-state index < -0.39 is 16.0 Å². The van der Waals surface area contributed by atoms with Crippen molar-refractivity contribution in [1.82, 2.24) is 4.72 Å². The molecule has 2 rings (SSSR count). The van der Waals surface area contributed by atoms with Crippen molar-refractivity contribution in [3.63, 3.8) is 0 Å². The molecule has 5 nitrogen and oxygen atoms in total. The molecule has 0 spiro atoms. The Hall–Kier alpha value is -0.920. The number of hydrogen-bond donors (Lipinski definition) is 2. The van der Waals surface area contributed by atoms with E-state index in [1.807, 2.05) is 0 Å². The average molecular weight is 331 g/mol. The molecule has 0 aliphatic heterocycles.